The molecule has 1 fully saturated rings. The molecule has 212 valence electrons. The molecule has 7 nitrogen and oxygen atoms in total. The van der Waals surface area contributed by atoms with Crippen LogP contribution in [0.4, 0.5) is 11.4 Å². The van der Waals surface area contributed by atoms with Gasteiger partial charge in [-0.05, 0) is 85.9 Å². The van der Waals surface area contributed by atoms with Gasteiger partial charge in [0.1, 0.15) is 0 Å². The van der Waals surface area contributed by atoms with Gasteiger partial charge >= 0.3 is 0 Å². The minimum atomic E-state index is -0.219. The molecule has 0 aliphatic carbocycles. The zero-order chi connectivity index (χ0) is 28.9. The van der Waals surface area contributed by atoms with Gasteiger partial charge in [0.15, 0.2) is 0 Å². The van der Waals surface area contributed by atoms with Crippen molar-refractivity contribution in [3.05, 3.63) is 125 Å². The van der Waals surface area contributed by atoms with Gasteiger partial charge in [-0.25, -0.2) is 0 Å². The highest BCUT2D eigenvalue weighted by Crippen LogP contribution is 2.38. The van der Waals surface area contributed by atoms with E-state index < -0.39 is 0 Å². The largest absolute Gasteiger partial charge is 0.354 e. The molecule has 0 spiro atoms. The zero-order valence-corrected chi connectivity index (χ0v) is 23.8. The third-order valence-electron chi connectivity index (χ3n) is 7.99. The van der Waals surface area contributed by atoms with Crippen molar-refractivity contribution in [2.75, 3.05) is 23.7 Å². The quantitative estimate of drug-likeness (QED) is 0.205. The van der Waals surface area contributed by atoms with Crippen LogP contribution in [0.2, 0.25) is 0 Å². The van der Waals surface area contributed by atoms with Crippen LogP contribution >= 0.6 is 0 Å². The summed E-state index contributed by atoms with van der Waals surface area (Å²) in [4.78, 5) is 33.5. The first-order chi connectivity index (χ1) is 20.6. The van der Waals surface area contributed by atoms with Gasteiger partial charge in [0.05, 0.1) is 17.3 Å². The molecule has 2 aliphatic rings. The van der Waals surface area contributed by atoms with Crippen LogP contribution < -0.4 is 16.0 Å². The van der Waals surface area contributed by atoms with Crippen molar-refractivity contribution in [2.24, 2.45) is 0 Å². The van der Waals surface area contributed by atoms with E-state index in [0.29, 0.717) is 28.1 Å². The van der Waals surface area contributed by atoms with E-state index in [-0.39, 0.29) is 17.9 Å². The molecule has 0 saturated carbocycles. The number of hydrogen-bond acceptors (Lipinski definition) is 5. The van der Waals surface area contributed by atoms with Gasteiger partial charge in [-0.15, -0.1) is 0 Å². The summed E-state index contributed by atoms with van der Waals surface area (Å²) in [5.74, 6) is -0.401. The molecule has 3 N–H and O–H groups in total. The number of carbonyl (C=O) groups excluding carboxylic acids is 2. The number of hydrogen-bond donors (Lipinski definition) is 3. The minimum Gasteiger partial charge on any atom is -0.354 e. The first-order valence-corrected chi connectivity index (χ1v) is 14.6. The van der Waals surface area contributed by atoms with Crippen molar-refractivity contribution in [1.29, 1.82) is 0 Å². The van der Waals surface area contributed by atoms with Crippen molar-refractivity contribution in [3.63, 3.8) is 0 Å². The highest BCUT2D eigenvalue weighted by atomic mass is 16.2. The van der Waals surface area contributed by atoms with Crippen molar-refractivity contribution in [3.8, 4) is 0 Å². The Balaban J connectivity index is 1.32. The van der Waals surface area contributed by atoms with E-state index in [9.17, 15) is 9.59 Å². The standard InChI is InChI=1S/C35H35N5O2/c1-2-30(25-8-4-3-5-9-25)38-34(41)27-12-15-31-29(22-27)32(35(42)39-31)33(26-16-18-36-19-17-26)37-28-13-10-24(11-14-28)23-40-20-6-7-21-40/h3-5,8-19,22,30,37H,2,6-7,20-21,23H2,1H3,(H,38,41)(H,39,42)/t30-/m1/s1. The lowest BCUT2D eigenvalue weighted by atomic mass is 9.98. The topological polar surface area (TPSA) is 86.4 Å². The van der Waals surface area contributed by atoms with Gasteiger partial charge in [-0.2, -0.15) is 0 Å². The number of nitrogens with one attached hydrogen (secondary N) is 3. The fourth-order valence-corrected chi connectivity index (χ4v) is 5.74. The van der Waals surface area contributed by atoms with Crippen LogP contribution in [0.3, 0.4) is 0 Å². The monoisotopic (exact) mass is 557 g/mol. The molecule has 1 saturated heterocycles. The smallest absolute Gasteiger partial charge is 0.258 e. The van der Waals surface area contributed by atoms with Crippen LogP contribution in [-0.2, 0) is 11.3 Å². The Morgan fingerprint density at radius 2 is 1.67 bits per heavy atom. The predicted octanol–water partition coefficient (Wildman–Crippen LogP) is 6.49. The number of nitrogens with zero attached hydrogens (tertiary/aromatic N) is 2. The molecule has 0 unspecified atom stereocenters. The normalized spacial score (nSPS) is 16.5. The Morgan fingerprint density at radius 3 is 2.38 bits per heavy atom. The van der Waals surface area contributed by atoms with E-state index in [4.69, 9.17) is 0 Å². The molecule has 4 aromatic rings. The molecular formula is C35H35N5O2. The number of anilines is 2. The van der Waals surface area contributed by atoms with Crippen LogP contribution in [0.25, 0.3) is 11.3 Å². The second kappa shape index (κ2) is 12.4. The fourth-order valence-electron chi connectivity index (χ4n) is 5.74. The third-order valence-corrected chi connectivity index (χ3v) is 7.99. The van der Waals surface area contributed by atoms with Gasteiger partial charge in [0.2, 0.25) is 0 Å². The summed E-state index contributed by atoms with van der Waals surface area (Å²) in [6, 6.07) is 27.4. The number of aromatic nitrogens is 1. The lowest BCUT2D eigenvalue weighted by Crippen LogP contribution is -2.28. The Bertz CT molecular complexity index is 1590. The number of rotatable bonds is 9. The SMILES string of the molecule is CC[C@@H](NC(=O)c1ccc2c(c1)C(=C(Nc1ccc(CN3CCCC3)cc1)c1ccncc1)C(=O)N2)c1ccccc1. The van der Waals surface area contributed by atoms with E-state index in [0.717, 1.165) is 42.9 Å². The molecule has 42 heavy (non-hydrogen) atoms. The van der Waals surface area contributed by atoms with Crippen LogP contribution in [0, 0.1) is 0 Å². The van der Waals surface area contributed by atoms with Crippen molar-refractivity contribution in [2.45, 2.75) is 38.8 Å². The molecule has 1 aromatic heterocycles. The van der Waals surface area contributed by atoms with Gasteiger partial charge < -0.3 is 16.0 Å². The number of amides is 2. The molecule has 7 heteroatoms. The number of carbonyl (C=O) groups is 2. The Morgan fingerprint density at radius 1 is 0.929 bits per heavy atom. The summed E-state index contributed by atoms with van der Waals surface area (Å²) in [5, 5.41) is 9.67. The van der Waals surface area contributed by atoms with Gasteiger partial charge in [-0.3, -0.25) is 19.5 Å². The van der Waals surface area contributed by atoms with E-state index in [1.165, 1.54) is 18.4 Å². The molecule has 3 heterocycles. The number of fused-ring (bicyclic) bond motifs is 1. The molecule has 2 aliphatic heterocycles. The van der Waals surface area contributed by atoms with Crippen molar-refractivity contribution in [1.82, 2.24) is 15.2 Å². The fraction of sp³-hybridized carbons (Fsp3) is 0.229. The summed E-state index contributed by atoms with van der Waals surface area (Å²) in [7, 11) is 0. The molecule has 6 rings (SSSR count). The summed E-state index contributed by atoms with van der Waals surface area (Å²) in [5.41, 5.74) is 7.04. The average Bonchev–Trinajstić information content (AvgIpc) is 3.66. The number of likely N-dealkylation sites (tertiary alicyclic amines) is 1. The summed E-state index contributed by atoms with van der Waals surface area (Å²) in [6.45, 7) is 5.30. The minimum absolute atomic E-state index is 0.107. The number of pyridine rings is 1. The maximum Gasteiger partial charge on any atom is 0.258 e. The first kappa shape index (κ1) is 27.4. The van der Waals surface area contributed by atoms with Crippen LogP contribution in [0.1, 0.15) is 64.8 Å². The van der Waals surface area contributed by atoms with Crippen LogP contribution in [-0.4, -0.2) is 34.8 Å². The lowest BCUT2D eigenvalue weighted by molar-refractivity contribution is -0.110. The zero-order valence-electron chi connectivity index (χ0n) is 23.8. The van der Waals surface area contributed by atoms with E-state index in [1.54, 1.807) is 30.6 Å². The van der Waals surface area contributed by atoms with E-state index in [1.807, 2.05) is 42.5 Å². The first-order valence-electron chi connectivity index (χ1n) is 14.6. The molecule has 2 amide bonds. The van der Waals surface area contributed by atoms with E-state index >= 15 is 0 Å². The maximum absolute atomic E-state index is 13.4. The third kappa shape index (κ3) is 5.97. The summed E-state index contributed by atoms with van der Waals surface area (Å²) in [6.07, 6.45) is 6.72. The lowest BCUT2D eigenvalue weighted by Gasteiger charge is -2.18. The van der Waals surface area contributed by atoms with Gasteiger partial charge in [0.25, 0.3) is 11.8 Å². The van der Waals surface area contributed by atoms with Crippen LogP contribution in [0.15, 0.2) is 97.3 Å². The van der Waals surface area contributed by atoms with E-state index in [2.05, 4.69) is 57.0 Å². The second-order valence-electron chi connectivity index (χ2n) is 10.9. The van der Waals surface area contributed by atoms with Gasteiger partial charge in [0, 0.05) is 47.0 Å². The average molecular weight is 558 g/mol. The van der Waals surface area contributed by atoms with Crippen LogP contribution in [0.5, 0.6) is 0 Å². The molecular weight excluding hydrogens is 522 g/mol. The Hall–Kier alpha value is -4.75. The second-order valence-corrected chi connectivity index (χ2v) is 10.9. The molecule has 3 aromatic carbocycles. The molecule has 0 bridgehead atoms. The predicted molar refractivity (Wildman–Crippen MR) is 168 cm³/mol. The van der Waals surface area contributed by atoms with Crippen molar-refractivity contribution >= 4 is 34.5 Å². The summed E-state index contributed by atoms with van der Waals surface area (Å²) < 4.78 is 0. The Kier molecular flexibility index (Phi) is 8.10. The maximum atomic E-state index is 13.4. The summed E-state index contributed by atoms with van der Waals surface area (Å²) >= 11 is 0. The highest BCUT2D eigenvalue weighted by Gasteiger charge is 2.30. The molecule has 1 atom stereocenters. The highest BCUT2D eigenvalue weighted by molar-refractivity contribution is 6.37. The van der Waals surface area contributed by atoms with Gasteiger partial charge in [-0.1, -0.05) is 49.4 Å². The number of benzene rings is 3. The molecule has 0 radical (unpaired) electrons. The Labute approximate surface area is 246 Å². The van der Waals surface area contributed by atoms with Crippen molar-refractivity contribution < 1.29 is 9.59 Å².